The molecule has 0 aliphatic rings. The van der Waals surface area contributed by atoms with Crippen LogP contribution in [0.4, 0.5) is 17.6 Å². The first kappa shape index (κ1) is 20.8. The molecule has 3 N–H and O–H groups in total. The first-order chi connectivity index (χ1) is 14.8. The fourth-order valence-electron chi connectivity index (χ4n) is 3.59. The normalized spacial score (nSPS) is 12.8. The molecule has 162 valence electrons. The first-order valence-electron chi connectivity index (χ1n) is 10.2. The lowest BCUT2D eigenvalue weighted by Gasteiger charge is -2.17. The predicted octanol–water partition coefficient (Wildman–Crippen LogP) is 3.28. The number of nitrogens with one attached hydrogen (secondary N) is 2. The van der Waals surface area contributed by atoms with Crippen LogP contribution < -0.4 is 10.6 Å². The van der Waals surface area contributed by atoms with Crippen molar-refractivity contribution in [3.63, 3.8) is 0 Å². The van der Waals surface area contributed by atoms with E-state index in [1.165, 1.54) is 0 Å². The Balaban J connectivity index is 1.71. The third kappa shape index (κ3) is 4.22. The second-order valence-electron chi connectivity index (χ2n) is 8.63. The lowest BCUT2D eigenvalue weighted by molar-refractivity contribution is 0.276. The zero-order chi connectivity index (χ0) is 22.2. The van der Waals surface area contributed by atoms with Crippen molar-refractivity contribution >= 4 is 28.7 Å². The van der Waals surface area contributed by atoms with Gasteiger partial charge in [0.2, 0.25) is 5.95 Å². The number of benzene rings is 1. The van der Waals surface area contributed by atoms with Gasteiger partial charge in [-0.15, -0.1) is 0 Å². The van der Waals surface area contributed by atoms with Gasteiger partial charge in [0.05, 0.1) is 19.0 Å². The number of aryl methyl sites for hydroxylation is 2. The van der Waals surface area contributed by atoms with Gasteiger partial charge in [-0.3, -0.25) is 4.68 Å². The molecule has 0 aliphatic heterocycles. The van der Waals surface area contributed by atoms with Gasteiger partial charge in [-0.25, -0.2) is 4.98 Å². The molecule has 4 rings (SSSR count). The summed E-state index contributed by atoms with van der Waals surface area (Å²) in [6.07, 6.45) is 1.70. The molecule has 0 radical (unpaired) electrons. The zero-order valence-electron chi connectivity index (χ0n) is 18.5. The van der Waals surface area contributed by atoms with Crippen LogP contribution in [0.15, 0.2) is 42.7 Å². The van der Waals surface area contributed by atoms with Gasteiger partial charge in [0, 0.05) is 31.3 Å². The third-order valence-corrected chi connectivity index (χ3v) is 5.14. The highest BCUT2D eigenvalue weighted by molar-refractivity contribution is 5.86. The van der Waals surface area contributed by atoms with Gasteiger partial charge < -0.3 is 20.3 Å². The number of nitrogens with zero attached hydrogens (tertiary/aromatic N) is 6. The quantitative estimate of drug-likeness (QED) is 0.439. The molecule has 0 unspecified atom stereocenters. The Morgan fingerprint density at radius 1 is 1.10 bits per heavy atom. The minimum atomic E-state index is -0.331. The lowest BCUT2D eigenvalue weighted by Crippen LogP contribution is -2.17. The highest BCUT2D eigenvalue weighted by Gasteiger charge is 2.21. The van der Waals surface area contributed by atoms with Crippen molar-refractivity contribution in [1.82, 2.24) is 29.3 Å². The van der Waals surface area contributed by atoms with Crippen molar-refractivity contribution in [1.29, 1.82) is 0 Å². The number of aromatic nitrogens is 6. The van der Waals surface area contributed by atoms with Gasteiger partial charge in [-0.2, -0.15) is 15.1 Å². The van der Waals surface area contributed by atoms with E-state index in [1.807, 2.05) is 59.7 Å². The van der Waals surface area contributed by atoms with Crippen molar-refractivity contribution in [2.75, 3.05) is 17.2 Å². The van der Waals surface area contributed by atoms with Crippen molar-refractivity contribution in [2.45, 2.75) is 32.2 Å². The summed E-state index contributed by atoms with van der Waals surface area (Å²) in [5, 5.41) is 21.1. The molecule has 1 aromatic carbocycles. The van der Waals surface area contributed by atoms with Crippen LogP contribution in [0.25, 0.3) is 11.2 Å². The highest BCUT2D eigenvalue weighted by atomic mass is 16.3. The molecule has 3 heterocycles. The van der Waals surface area contributed by atoms with E-state index in [2.05, 4.69) is 51.5 Å². The van der Waals surface area contributed by atoms with Crippen LogP contribution >= 0.6 is 0 Å². The zero-order valence-corrected chi connectivity index (χ0v) is 18.5. The van der Waals surface area contributed by atoms with Crippen LogP contribution in [0.3, 0.4) is 0 Å². The van der Waals surface area contributed by atoms with Gasteiger partial charge in [0.1, 0.15) is 0 Å². The predicted molar refractivity (Wildman–Crippen MR) is 121 cm³/mol. The summed E-state index contributed by atoms with van der Waals surface area (Å²) in [6.45, 7) is 6.36. The Morgan fingerprint density at radius 2 is 1.84 bits per heavy atom. The van der Waals surface area contributed by atoms with Crippen LogP contribution in [0.5, 0.6) is 0 Å². The van der Waals surface area contributed by atoms with Crippen molar-refractivity contribution < 1.29 is 5.11 Å². The second kappa shape index (κ2) is 7.99. The van der Waals surface area contributed by atoms with Gasteiger partial charge in [-0.05, 0) is 5.56 Å². The molecular formula is C22H28N8O. The average Bonchev–Trinajstić information content (AvgIpc) is 3.29. The Bertz CT molecular complexity index is 1190. The van der Waals surface area contributed by atoms with E-state index < -0.39 is 0 Å². The molecule has 9 heteroatoms. The van der Waals surface area contributed by atoms with Crippen LogP contribution in [0, 0.1) is 0 Å². The number of aliphatic hydroxyl groups excluding tert-OH is 1. The van der Waals surface area contributed by atoms with Gasteiger partial charge in [-0.1, -0.05) is 51.1 Å². The summed E-state index contributed by atoms with van der Waals surface area (Å²) >= 11 is 0. The van der Waals surface area contributed by atoms with Crippen molar-refractivity contribution in [3.05, 3.63) is 54.0 Å². The molecule has 1 atom stereocenters. The van der Waals surface area contributed by atoms with Crippen LogP contribution in [-0.4, -0.2) is 41.0 Å². The average molecular weight is 421 g/mol. The summed E-state index contributed by atoms with van der Waals surface area (Å²) in [5.74, 6) is 1.63. The monoisotopic (exact) mass is 420 g/mol. The minimum absolute atomic E-state index is 0.0373. The van der Waals surface area contributed by atoms with E-state index in [4.69, 9.17) is 0 Å². The number of hydrogen-bond donors (Lipinski definition) is 3. The highest BCUT2D eigenvalue weighted by Crippen LogP contribution is 2.28. The molecule has 0 bridgehead atoms. The largest absolute Gasteiger partial charge is 0.394 e. The Labute approximate surface area is 181 Å². The number of fused-ring (bicyclic) bond motifs is 1. The topological polar surface area (TPSA) is 106 Å². The fraction of sp³-hybridized carbons (Fsp3) is 0.364. The number of imidazole rings is 1. The SMILES string of the molecule is Cn1nc(Nc2nc(N[C@H](CO)c3ccccc3)nc3c2ncn3C)cc1C(C)(C)C. The maximum Gasteiger partial charge on any atom is 0.227 e. The van der Waals surface area contributed by atoms with Crippen LogP contribution in [-0.2, 0) is 19.5 Å². The van der Waals surface area contributed by atoms with E-state index in [-0.39, 0.29) is 18.1 Å². The molecule has 31 heavy (non-hydrogen) atoms. The molecule has 0 saturated carbocycles. The third-order valence-electron chi connectivity index (χ3n) is 5.14. The first-order valence-corrected chi connectivity index (χ1v) is 10.2. The minimum Gasteiger partial charge on any atom is -0.394 e. The summed E-state index contributed by atoms with van der Waals surface area (Å²) in [7, 11) is 3.82. The molecule has 9 nitrogen and oxygen atoms in total. The van der Waals surface area contributed by atoms with E-state index >= 15 is 0 Å². The standard InChI is InChI=1S/C22H28N8O/c1-22(2,3)16-11-17(28-30(16)5)25-19-18-20(29(4)13-23-18)27-21(26-19)24-15(12-31)14-9-7-6-8-10-14/h6-11,13,15,31H,12H2,1-5H3,(H2,24,25,26,27,28)/t15-/m1/s1. The Hall–Kier alpha value is -3.46. The number of aliphatic hydroxyl groups is 1. The van der Waals surface area contributed by atoms with Gasteiger partial charge in [0.15, 0.2) is 22.8 Å². The number of hydrogen-bond acceptors (Lipinski definition) is 7. The van der Waals surface area contributed by atoms with Crippen molar-refractivity contribution in [2.24, 2.45) is 14.1 Å². The second-order valence-corrected chi connectivity index (χ2v) is 8.63. The molecule has 0 spiro atoms. The van der Waals surface area contributed by atoms with Gasteiger partial charge >= 0.3 is 0 Å². The fourth-order valence-corrected chi connectivity index (χ4v) is 3.59. The molecule has 0 aliphatic carbocycles. The van der Waals surface area contributed by atoms with Crippen LogP contribution in [0.2, 0.25) is 0 Å². The van der Waals surface area contributed by atoms with E-state index in [1.54, 1.807) is 6.33 Å². The van der Waals surface area contributed by atoms with Gasteiger partial charge in [0.25, 0.3) is 0 Å². The van der Waals surface area contributed by atoms with Crippen LogP contribution in [0.1, 0.15) is 38.1 Å². The maximum absolute atomic E-state index is 9.92. The lowest BCUT2D eigenvalue weighted by atomic mass is 9.92. The number of rotatable bonds is 6. The summed E-state index contributed by atoms with van der Waals surface area (Å²) in [5.41, 5.74) is 3.34. The van der Waals surface area contributed by atoms with Crippen molar-refractivity contribution in [3.8, 4) is 0 Å². The summed E-state index contributed by atoms with van der Waals surface area (Å²) in [4.78, 5) is 13.7. The van der Waals surface area contributed by atoms with E-state index in [9.17, 15) is 5.11 Å². The molecule has 0 amide bonds. The molecule has 0 fully saturated rings. The molecular weight excluding hydrogens is 392 g/mol. The van der Waals surface area contributed by atoms with E-state index in [0.29, 0.717) is 28.7 Å². The smallest absolute Gasteiger partial charge is 0.227 e. The summed E-state index contributed by atoms with van der Waals surface area (Å²) < 4.78 is 3.71. The Kier molecular flexibility index (Phi) is 5.36. The Morgan fingerprint density at radius 3 is 2.48 bits per heavy atom. The van der Waals surface area contributed by atoms with E-state index in [0.717, 1.165) is 11.3 Å². The molecule has 3 aromatic heterocycles. The summed E-state index contributed by atoms with van der Waals surface area (Å²) in [6, 6.07) is 11.4. The molecule has 4 aromatic rings. The number of anilines is 3. The maximum atomic E-state index is 9.92. The molecule has 0 saturated heterocycles.